The molecule has 0 saturated heterocycles. The maximum absolute atomic E-state index is 13.3. The number of hydrogen-bond acceptors (Lipinski definition) is 1. The second-order valence-electron chi connectivity index (χ2n) is 5.71. The minimum atomic E-state index is -4.32. The van der Waals surface area contributed by atoms with Gasteiger partial charge in [-0.3, -0.25) is 0 Å². The van der Waals surface area contributed by atoms with E-state index in [0.717, 1.165) is 38.6 Å². The third-order valence-corrected chi connectivity index (χ3v) is 4.63. The van der Waals surface area contributed by atoms with E-state index in [1.807, 2.05) is 6.92 Å². The molecular formula is C16H21BrF3N. The van der Waals surface area contributed by atoms with Gasteiger partial charge in [0.1, 0.15) is 0 Å². The van der Waals surface area contributed by atoms with Crippen molar-refractivity contribution in [1.29, 1.82) is 0 Å². The molecule has 1 nitrogen and oxygen atoms in total. The van der Waals surface area contributed by atoms with Crippen LogP contribution in [-0.4, -0.2) is 6.54 Å². The van der Waals surface area contributed by atoms with E-state index in [1.165, 1.54) is 6.07 Å². The zero-order valence-electron chi connectivity index (χ0n) is 12.1. The topological polar surface area (TPSA) is 12.0 Å². The third-order valence-electron chi connectivity index (χ3n) is 4.14. The number of alkyl halides is 3. The molecule has 118 valence electrons. The van der Waals surface area contributed by atoms with Gasteiger partial charge in [0.25, 0.3) is 0 Å². The molecule has 1 fully saturated rings. The van der Waals surface area contributed by atoms with Crippen LogP contribution in [0.1, 0.15) is 56.2 Å². The molecule has 0 radical (unpaired) electrons. The Labute approximate surface area is 132 Å². The fraction of sp³-hybridized carbons (Fsp3) is 0.625. The highest BCUT2D eigenvalue weighted by molar-refractivity contribution is 9.10. The van der Waals surface area contributed by atoms with Gasteiger partial charge >= 0.3 is 6.18 Å². The van der Waals surface area contributed by atoms with Crippen molar-refractivity contribution in [2.24, 2.45) is 5.92 Å². The number of nitrogens with one attached hydrogen (secondary N) is 1. The predicted molar refractivity (Wildman–Crippen MR) is 82.1 cm³/mol. The van der Waals surface area contributed by atoms with Gasteiger partial charge in [0.15, 0.2) is 0 Å². The van der Waals surface area contributed by atoms with Crippen molar-refractivity contribution >= 4 is 15.9 Å². The maximum Gasteiger partial charge on any atom is 0.416 e. The van der Waals surface area contributed by atoms with E-state index in [-0.39, 0.29) is 6.04 Å². The molecule has 1 aromatic carbocycles. The molecule has 0 amide bonds. The normalized spacial score (nSPS) is 18.1. The fourth-order valence-corrected chi connectivity index (χ4v) is 3.53. The van der Waals surface area contributed by atoms with Gasteiger partial charge in [-0.25, -0.2) is 0 Å². The summed E-state index contributed by atoms with van der Waals surface area (Å²) in [5, 5.41) is 3.34. The molecule has 1 unspecified atom stereocenters. The molecular weight excluding hydrogens is 343 g/mol. The van der Waals surface area contributed by atoms with Gasteiger partial charge in [-0.15, -0.1) is 0 Å². The second-order valence-corrected chi connectivity index (χ2v) is 6.62. The minimum absolute atomic E-state index is 0.197. The Hall–Kier alpha value is -0.550. The zero-order chi connectivity index (χ0) is 15.5. The highest BCUT2D eigenvalue weighted by atomic mass is 79.9. The highest BCUT2D eigenvalue weighted by Gasteiger charge is 2.37. The van der Waals surface area contributed by atoms with E-state index >= 15 is 0 Å². The molecule has 1 aliphatic rings. The van der Waals surface area contributed by atoms with Crippen LogP contribution in [0.3, 0.4) is 0 Å². The van der Waals surface area contributed by atoms with E-state index in [9.17, 15) is 13.2 Å². The summed E-state index contributed by atoms with van der Waals surface area (Å²) in [5.41, 5.74) is -0.122. The summed E-state index contributed by atoms with van der Waals surface area (Å²) in [5.74, 6) is 0.304. The van der Waals surface area contributed by atoms with Crippen LogP contribution < -0.4 is 5.32 Å². The molecule has 0 aromatic heterocycles. The van der Waals surface area contributed by atoms with E-state index < -0.39 is 11.7 Å². The predicted octanol–water partition coefficient (Wildman–Crippen LogP) is 5.70. The smallest absolute Gasteiger partial charge is 0.310 e. The quantitative estimate of drug-likeness (QED) is 0.707. The fourth-order valence-electron chi connectivity index (χ4n) is 3.17. The lowest BCUT2D eigenvalue weighted by atomic mass is 9.88. The van der Waals surface area contributed by atoms with Gasteiger partial charge in [0, 0.05) is 10.5 Å². The first-order valence-corrected chi connectivity index (χ1v) is 8.32. The second kappa shape index (κ2) is 7.14. The summed E-state index contributed by atoms with van der Waals surface area (Å²) in [7, 11) is 0. The van der Waals surface area contributed by atoms with Crippen LogP contribution in [0.2, 0.25) is 0 Å². The molecule has 1 aromatic rings. The minimum Gasteiger partial charge on any atom is -0.310 e. The Morgan fingerprint density at radius 1 is 1.29 bits per heavy atom. The van der Waals surface area contributed by atoms with Crippen molar-refractivity contribution in [3.8, 4) is 0 Å². The molecule has 1 saturated carbocycles. The lowest BCUT2D eigenvalue weighted by Gasteiger charge is -2.28. The molecule has 0 bridgehead atoms. The summed E-state index contributed by atoms with van der Waals surface area (Å²) in [6.07, 6.45) is 0.855. The number of hydrogen-bond donors (Lipinski definition) is 1. The third kappa shape index (κ3) is 4.22. The first-order valence-electron chi connectivity index (χ1n) is 7.53. The Morgan fingerprint density at radius 2 is 1.95 bits per heavy atom. The molecule has 0 heterocycles. The van der Waals surface area contributed by atoms with Crippen LogP contribution in [0, 0.1) is 5.92 Å². The monoisotopic (exact) mass is 363 g/mol. The Bertz CT molecular complexity index is 467. The van der Waals surface area contributed by atoms with Gasteiger partial charge in [-0.2, -0.15) is 13.2 Å². The Morgan fingerprint density at radius 3 is 2.52 bits per heavy atom. The van der Waals surface area contributed by atoms with Crippen molar-refractivity contribution < 1.29 is 13.2 Å². The molecule has 21 heavy (non-hydrogen) atoms. The first-order chi connectivity index (χ1) is 9.93. The molecule has 0 spiro atoms. The van der Waals surface area contributed by atoms with Crippen molar-refractivity contribution in [3.05, 3.63) is 33.8 Å². The summed E-state index contributed by atoms with van der Waals surface area (Å²) in [6.45, 7) is 2.78. The van der Waals surface area contributed by atoms with Crippen LogP contribution in [0.5, 0.6) is 0 Å². The van der Waals surface area contributed by atoms with Crippen LogP contribution in [0.15, 0.2) is 22.7 Å². The SMILES string of the molecule is CCCNC(c1ccc(Br)cc1C(F)(F)F)C1CCCC1. The van der Waals surface area contributed by atoms with Crippen LogP contribution in [-0.2, 0) is 6.18 Å². The van der Waals surface area contributed by atoms with Crippen LogP contribution in [0.4, 0.5) is 13.2 Å². The van der Waals surface area contributed by atoms with E-state index in [2.05, 4.69) is 21.2 Å². The Balaban J connectivity index is 2.38. The maximum atomic E-state index is 13.3. The van der Waals surface area contributed by atoms with Gasteiger partial charge < -0.3 is 5.32 Å². The van der Waals surface area contributed by atoms with E-state index in [1.54, 1.807) is 12.1 Å². The van der Waals surface area contributed by atoms with Crippen molar-refractivity contribution in [1.82, 2.24) is 5.32 Å². The molecule has 5 heteroatoms. The lowest BCUT2D eigenvalue weighted by Crippen LogP contribution is -2.30. The zero-order valence-corrected chi connectivity index (χ0v) is 13.7. The standard InChI is InChI=1S/C16H21BrF3N/c1-2-9-21-15(11-5-3-4-6-11)13-8-7-12(17)10-14(13)16(18,19)20/h7-8,10-11,15,21H,2-6,9H2,1H3. The number of halogens is 4. The summed E-state index contributed by atoms with van der Waals surface area (Å²) >= 11 is 3.15. The molecule has 0 aliphatic heterocycles. The van der Waals surface area contributed by atoms with Crippen molar-refractivity contribution in [3.63, 3.8) is 0 Å². The molecule has 2 rings (SSSR count). The molecule has 1 atom stereocenters. The lowest BCUT2D eigenvalue weighted by molar-refractivity contribution is -0.138. The summed E-state index contributed by atoms with van der Waals surface area (Å²) in [6, 6.07) is 4.33. The van der Waals surface area contributed by atoms with Crippen LogP contribution >= 0.6 is 15.9 Å². The van der Waals surface area contributed by atoms with Crippen LogP contribution in [0.25, 0.3) is 0 Å². The van der Waals surface area contributed by atoms with Gasteiger partial charge in [-0.05, 0) is 49.4 Å². The van der Waals surface area contributed by atoms with Gasteiger partial charge in [-0.1, -0.05) is 41.8 Å². The molecule has 1 aliphatic carbocycles. The van der Waals surface area contributed by atoms with Crippen molar-refractivity contribution in [2.45, 2.75) is 51.2 Å². The van der Waals surface area contributed by atoms with E-state index in [0.29, 0.717) is 16.0 Å². The average Bonchev–Trinajstić information content (AvgIpc) is 2.93. The summed E-state index contributed by atoms with van der Waals surface area (Å²) in [4.78, 5) is 0. The number of benzene rings is 1. The first kappa shape index (κ1) is 16.8. The van der Waals surface area contributed by atoms with Gasteiger partial charge in [0.2, 0.25) is 0 Å². The average molecular weight is 364 g/mol. The number of rotatable bonds is 5. The van der Waals surface area contributed by atoms with E-state index in [4.69, 9.17) is 0 Å². The van der Waals surface area contributed by atoms with Gasteiger partial charge in [0.05, 0.1) is 5.56 Å². The summed E-state index contributed by atoms with van der Waals surface area (Å²) < 4.78 is 40.5. The largest absolute Gasteiger partial charge is 0.416 e. The Kier molecular flexibility index (Phi) is 5.72. The highest BCUT2D eigenvalue weighted by Crippen LogP contribution is 2.42. The van der Waals surface area contributed by atoms with Crippen molar-refractivity contribution in [2.75, 3.05) is 6.54 Å². The molecule has 1 N–H and O–H groups in total.